The summed E-state index contributed by atoms with van der Waals surface area (Å²) in [6, 6.07) is 3.81. The molecule has 2 amide bonds. The van der Waals surface area contributed by atoms with Crippen molar-refractivity contribution in [3.05, 3.63) is 30.1 Å². The number of hydrogen-bond acceptors (Lipinski definition) is 5. The van der Waals surface area contributed by atoms with Crippen LogP contribution in [0, 0.1) is 5.92 Å². The first kappa shape index (κ1) is 19.3. The van der Waals surface area contributed by atoms with Gasteiger partial charge in [0.15, 0.2) is 0 Å². The molecule has 1 aromatic heterocycles. The average molecular weight is 386 g/mol. The van der Waals surface area contributed by atoms with Gasteiger partial charge in [0.25, 0.3) is 0 Å². The Kier molecular flexibility index (Phi) is 6.22. The molecule has 2 N–H and O–H groups in total. The zero-order valence-corrected chi connectivity index (χ0v) is 16.5. The molecule has 0 aromatic carbocycles. The van der Waals surface area contributed by atoms with E-state index in [4.69, 9.17) is 0 Å². The SMILES string of the molecule is O=C(CCC1CCCC1)N1CCN(C(=O)C2CC(c3cccnc3)NN2)CC1. The summed E-state index contributed by atoms with van der Waals surface area (Å²) in [7, 11) is 0. The molecule has 2 atom stereocenters. The molecule has 7 heteroatoms. The van der Waals surface area contributed by atoms with E-state index >= 15 is 0 Å². The molecule has 1 saturated carbocycles. The third kappa shape index (κ3) is 4.52. The van der Waals surface area contributed by atoms with E-state index in [9.17, 15) is 9.59 Å². The lowest BCUT2D eigenvalue weighted by Crippen LogP contribution is -2.54. The summed E-state index contributed by atoms with van der Waals surface area (Å²) >= 11 is 0. The third-order valence-electron chi connectivity index (χ3n) is 6.47. The second-order valence-electron chi connectivity index (χ2n) is 8.31. The van der Waals surface area contributed by atoms with Crippen molar-refractivity contribution in [2.45, 2.75) is 57.0 Å². The highest BCUT2D eigenvalue weighted by molar-refractivity contribution is 5.83. The smallest absolute Gasteiger partial charge is 0.241 e. The molecule has 2 unspecified atom stereocenters. The molecule has 7 nitrogen and oxygen atoms in total. The Morgan fingerprint density at radius 3 is 2.54 bits per heavy atom. The number of piperazine rings is 1. The van der Waals surface area contributed by atoms with E-state index in [0.717, 1.165) is 17.9 Å². The molecule has 2 saturated heterocycles. The van der Waals surface area contributed by atoms with Crippen LogP contribution in [0.25, 0.3) is 0 Å². The lowest BCUT2D eigenvalue weighted by Gasteiger charge is -2.36. The fourth-order valence-corrected chi connectivity index (χ4v) is 4.70. The largest absolute Gasteiger partial charge is 0.339 e. The molecule has 3 fully saturated rings. The van der Waals surface area contributed by atoms with Crippen LogP contribution in [0.15, 0.2) is 24.5 Å². The first-order valence-electron chi connectivity index (χ1n) is 10.7. The van der Waals surface area contributed by atoms with Gasteiger partial charge in [-0.1, -0.05) is 31.7 Å². The molecular weight excluding hydrogens is 354 g/mol. The second-order valence-corrected chi connectivity index (χ2v) is 8.31. The lowest BCUT2D eigenvalue weighted by atomic mass is 10.0. The summed E-state index contributed by atoms with van der Waals surface area (Å²) in [5.41, 5.74) is 7.44. The van der Waals surface area contributed by atoms with E-state index in [1.165, 1.54) is 25.7 Å². The highest BCUT2D eigenvalue weighted by Crippen LogP contribution is 2.29. The minimum Gasteiger partial charge on any atom is -0.339 e. The summed E-state index contributed by atoms with van der Waals surface area (Å²) in [5.74, 6) is 1.13. The molecule has 2 aliphatic heterocycles. The number of amides is 2. The number of carbonyl (C=O) groups excluding carboxylic acids is 2. The van der Waals surface area contributed by atoms with Gasteiger partial charge in [0.2, 0.25) is 11.8 Å². The number of hydrazine groups is 1. The molecular formula is C21H31N5O2. The van der Waals surface area contributed by atoms with Crippen molar-refractivity contribution in [1.82, 2.24) is 25.6 Å². The first-order valence-corrected chi connectivity index (χ1v) is 10.7. The van der Waals surface area contributed by atoms with Crippen LogP contribution in [0.5, 0.6) is 0 Å². The van der Waals surface area contributed by atoms with Gasteiger partial charge < -0.3 is 9.80 Å². The maximum atomic E-state index is 12.9. The summed E-state index contributed by atoms with van der Waals surface area (Å²) in [6.07, 6.45) is 11.2. The Balaban J connectivity index is 1.21. The van der Waals surface area contributed by atoms with Crippen LogP contribution in [0.4, 0.5) is 0 Å². The summed E-state index contributed by atoms with van der Waals surface area (Å²) < 4.78 is 0. The Hall–Kier alpha value is -1.99. The summed E-state index contributed by atoms with van der Waals surface area (Å²) in [4.78, 5) is 33.3. The Morgan fingerprint density at radius 2 is 1.82 bits per heavy atom. The number of nitrogens with one attached hydrogen (secondary N) is 2. The molecule has 0 bridgehead atoms. The molecule has 28 heavy (non-hydrogen) atoms. The fraction of sp³-hybridized carbons (Fsp3) is 0.667. The van der Waals surface area contributed by atoms with Gasteiger partial charge in [0, 0.05) is 51.0 Å². The minimum absolute atomic E-state index is 0.0982. The van der Waals surface area contributed by atoms with Gasteiger partial charge in [-0.2, -0.15) is 0 Å². The van der Waals surface area contributed by atoms with Crippen molar-refractivity contribution in [2.75, 3.05) is 26.2 Å². The number of hydrogen-bond donors (Lipinski definition) is 2. The number of rotatable bonds is 5. The first-order chi connectivity index (χ1) is 13.7. The van der Waals surface area contributed by atoms with Gasteiger partial charge in [-0.15, -0.1) is 0 Å². The topological polar surface area (TPSA) is 77.6 Å². The van der Waals surface area contributed by atoms with Crippen molar-refractivity contribution < 1.29 is 9.59 Å². The van der Waals surface area contributed by atoms with Crippen molar-refractivity contribution in [2.24, 2.45) is 5.92 Å². The van der Waals surface area contributed by atoms with Crippen molar-refractivity contribution in [3.63, 3.8) is 0 Å². The van der Waals surface area contributed by atoms with Crippen LogP contribution in [0.3, 0.4) is 0 Å². The predicted octanol–water partition coefficient (Wildman–Crippen LogP) is 1.63. The summed E-state index contributed by atoms with van der Waals surface area (Å²) in [5, 5.41) is 0. The maximum Gasteiger partial charge on any atom is 0.241 e. The van der Waals surface area contributed by atoms with Crippen LogP contribution in [-0.4, -0.2) is 58.8 Å². The predicted molar refractivity (Wildman–Crippen MR) is 106 cm³/mol. The van der Waals surface area contributed by atoms with Gasteiger partial charge >= 0.3 is 0 Å². The van der Waals surface area contributed by atoms with E-state index in [2.05, 4.69) is 15.8 Å². The highest BCUT2D eigenvalue weighted by Gasteiger charge is 2.34. The molecule has 0 spiro atoms. The molecule has 0 radical (unpaired) electrons. The zero-order valence-electron chi connectivity index (χ0n) is 16.5. The number of nitrogens with zero attached hydrogens (tertiary/aromatic N) is 3. The molecule has 1 aliphatic carbocycles. The Bertz CT molecular complexity index is 669. The van der Waals surface area contributed by atoms with Crippen LogP contribution >= 0.6 is 0 Å². The van der Waals surface area contributed by atoms with E-state index < -0.39 is 0 Å². The number of aromatic nitrogens is 1. The monoisotopic (exact) mass is 385 g/mol. The van der Waals surface area contributed by atoms with Crippen molar-refractivity contribution in [3.8, 4) is 0 Å². The minimum atomic E-state index is -0.227. The Morgan fingerprint density at radius 1 is 1.07 bits per heavy atom. The van der Waals surface area contributed by atoms with Crippen molar-refractivity contribution >= 4 is 11.8 Å². The maximum absolute atomic E-state index is 12.9. The van der Waals surface area contributed by atoms with Gasteiger partial charge in [-0.3, -0.25) is 14.6 Å². The van der Waals surface area contributed by atoms with Crippen LogP contribution in [-0.2, 0) is 9.59 Å². The molecule has 3 heterocycles. The lowest BCUT2D eigenvalue weighted by molar-refractivity contribution is -0.140. The van der Waals surface area contributed by atoms with Crippen LogP contribution in [0.1, 0.15) is 56.6 Å². The average Bonchev–Trinajstić information content (AvgIpc) is 3.44. The quantitative estimate of drug-likeness (QED) is 0.806. The normalized spacial score (nSPS) is 26.0. The van der Waals surface area contributed by atoms with Crippen molar-refractivity contribution in [1.29, 1.82) is 0 Å². The molecule has 152 valence electrons. The Labute approximate surface area is 166 Å². The van der Waals surface area contributed by atoms with E-state index in [1.807, 2.05) is 28.1 Å². The zero-order chi connectivity index (χ0) is 19.3. The molecule has 3 aliphatic rings. The van der Waals surface area contributed by atoms with Gasteiger partial charge in [-0.05, 0) is 30.4 Å². The summed E-state index contributed by atoms with van der Waals surface area (Å²) in [6.45, 7) is 2.57. The second kappa shape index (κ2) is 9.01. The number of carbonyl (C=O) groups is 2. The number of pyridine rings is 1. The molecule has 1 aromatic rings. The van der Waals surface area contributed by atoms with Gasteiger partial charge in [0.05, 0.1) is 0 Å². The highest BCUT2D eigenvalue weighted by atomic mass is 16.2. The van der Waals surface area contributed by atoms with Crippen LogP contribution < -0.4 is 10.9 Å². The van der Waals surface area contributed by atoms with Gasteiger partial charge in [-0.25, -0.2) is 10.9 Å². The van der Waals surface area contributed by atoms with E-state index in [0.29, 0.717) is 39.0 Å². The van der Waals surface area contributed by atoms with Gasteiger partial charge in [0.1, 0.15) is 6.04 Å². The van der Waals surface area contributed by atoms with E-state index in [-0.39, 0.29) is 23.9 Å². The van der Waals surface area contributed by atoms with Crippen LogP contribution in [0.2, 0.25) is 0 Å². The third-order valence-corrected chi connectivity index (χ3v) is 6.47. The fourth-order valence-electron chi connectivity index (χ4n) is 4.70. The molecule has 4 rings (SSSR count). The van der Waals surface area contributed by atoms with E-state index in [1.54, 1.807) is 6.20 Å². The standard InChI is InChI=1S/C21H31N5O2/c27-20(8-7-16-4-1-2-5-16)25-10-12-26(13-11-25)21(28)19-14-18(23-24-19)17-6-3-9-22-15-17/h3,6,9,15-16,18-19,23-24H,1-2,4-5,7-8,10-14H2.